The van der Waals surface area contributed by atoms with Crippen molar-refractivity contribution in [1.29, 1.82) is 0 Å². The van der Waals surface area contributed by atoms with E-state index in [9.17, 15) is 9.59 Å². The van der Waals surface area contributed by atoms with Gasteiger partial charge < -0.3 is 19.5 Å². The molecular formula is C14H17NO5. The molecule has 6 heteroatoms. The van der Waals surface area contributed by atoms with E-state index in [1.54, 1.807) is 18.2 Å². The fourth-order valence-electron chi connectivity index (χ4n) is 2.37. The molecule has 1 amide bonds. The molecule has 1 saturated heterocycles. The summed E-state index contributed by atoms with van der Waals surface area (Å²) in [5, 5.41) is 8.98. The highest BCUT2D eigenvalue weighted by atomic mass is 16.5. The summed E-state index contributed by atoms with van der Waals surface area (Å²) < 4.78 is 10.4. The Labute approximate surface area is 116 Å². The van der Waals surface area contributed by atoms with Crippen molar-refractivity contribution in [2.24, 2.45) is 5.92 Å². The van der Waals surface area contributed by atoms with Crippen molar-refractivity contribution in [3.8, 4) is 11.5 Å². The second-order valence-electron chi connectivity index (χ2n) is 4.62. The predicted octanol–water partition coefficient (Wildman–Crippen LogP) is 1.25. The number of hydrogen-bond acceptors (Lipinski definition) is 4. The zero-order chi connectivity index (χ0) is 14.7. The predicted molar refractivity (Wildman–Crippen MR) is 71.2 cm³/mol. The fraction of sp³-hybridized carbons (Fsp3) is 0.429. The van der Waals surface area contributed by atoms with Gasteiger partial charge in [0, 0.05) is 13.1 Å². The van der Waals surface area contributed by atoms with Crippen molar-refractivity contribution in [2.45, 2.75) is 6.42 Å². The number of benzene rings is 1. The first-order valence-electron chi connectivity index (χ1n) is 6.31. The number of ether oxygens (including phenoxy) is 2. The number of amides is 1. The fourth-order valence-corrected chi connectivity index (χ4v) is 2.37. The number of hydrogen-bond donors (Lipinski definition) is 1. The van der Waals surface area contributed by atoms with Crippen LogP contribution in [0.4, 0.5) is 0 Å². The maximum Gasteiger partial charge on any atom is 0.308 e. The summed E-state index contributed by atoms with van der Waals surface area (Å²) in [7, 11) is 2.97. The van der Waals surface area contributed by atoms with Gasteiger partial charge in [-0.2, -0.15) is 0 Å². The molecule has 1 atom stereocenters. The summed E-state index contributed by atoms with van der Waals surface area (Å²) in [5.74, 6) is -0.732. The number of carboxylic acid groups (broad SMARTS) is 1. The van der Waals surface area contributed by atoms with Gasteiger partial charge in [-0.05, 0) is 18.6 Å². The maximum atomic E-state index is 12.5. The highest BCUT2D eigenvalue weighted by Crippen LogP contribution is 2.32. The minimum Gasteiger partial charge on any atom is -0.493 e. The SMILES string of the molecule is COc1cccc(C(=O)N2CC[C@@H](C(=O)O)C2)c1OC. The smallest absolute Gasteiger partial charge is 0.308 e. The van der Waals surface area contributed by atoms with Crippen LogP contribution in [0.25, 0.3) is 0 Å². The van der Waals surface area contributed by atoms with Crippen LogP contribution < -0.4 is 9.47 Å². The maximum absolute atomic E-state index is 12.5. The van der Waals surface area contributed by atoms with E-state index in [2.05, 4.69) is 0 Å². The van der Waals surface area contributed by atoms with Crippen molar-refractivity contribution < 1.29 is 24.2 Å². The molecular weight excluding hydrogens is 262 g/mol. The van der Waals surface area contributed by atoms with Crippen LogP contribution in [0.5, 0.6) is 11.5 Å². The molecule has 1 aromatic rings. The van der Waals surface area contributed by atoms with Crippen LogP contribution in [0.2, 0.25) is 0 Å². The summed E-state index contributed by atoms with van der Waals surface area (Å²) in [4.78, 5) is 24.9. The van der Waals surface area contributed by atoms with Crippen molar-refractivity contribution in [2.75, 3.05) is 27.3 Å². The van der Waals surface area contributed by atoms with Crippen molar-refractivity contribution in [3.05, 3.63) is 23.8 Å². The standard InChI is InChI=1S/C14H17NO5/c1-19-11-5-3-4-10(12(11)20-2)13(16)15-7-6-9(8-15)14(17)18/h3-5,9H,6-8H2,1-2H3,(H,17,18)/t9-/m1/s1. The highest BCUT2D eigenvalue weighted by molar-refractivity contribution is 5.98. The molecule has 1 aliphatic rings. The molecule has 1 heterocycles. The van der Waals surface area contributed by atoms with Crippen molar-refractivity contribution in [1.82, 2.24) is 4.90 Å². The van der Waals surface area contributed by atoms with E-state index >= 15 is 0 Å². The van der Waals surface area contributed by atoms with Crippen molar-refractivity contribution in [3.63, 3.8) is 0 Å². The molecule has 0 aliphatic carbocycles. The molecule has 1 N–H and O–H groups in total. The highest BCUT2D eigenvalue weighted by Gasteiger charge is 2.32. The van der Waals surface area contributed by atoms with Crippen LogP contribution in [0, 0.1) is 5.92 Å². The number of carbonyl (C=O) groups excluding carboxylic acids is 1. The monoisotopic (exact) mass is 279 g/mol. The lowest BCUT2D eigenvalue weighted by Gasteiger charge is -2.18. The van der Waals surface area contributed by atoms with E-state index in [4.69, 9.17) is 14.6 Å². The van der Waals surface area contributed by atoms with E-state index in [0.717, 1.165) is 0 Å². The van der Waals surface area contributed by atoms with E-state index in [1.807, 2.05) is 0 Å². The quantitative estimate of drug-likeness (QED) is 0.897. The van der Waals surface area contributed by atoms with Gasteiger partial charge in [0.15, 0.2) is 11.5 Å². The molecule has 0 radical (unpaired) electrons. The Bertz CT molecular complexity index is 528. The average Bonchev–Trinajstić information content (AvgIpc) is 2.95. The zero-order valence-electron chi connectivity index (χ0n) is 11.5. The molecule has 0 bridgehead atoms. The van der Waals surface area contributed by atoms with E-state index in [0.29, 0.717) is 30.0 Å². The van der Waals surface area contributed by atoms with Gasteiger partial charge >= 0.3 is 5.97 Å². The number of carboxylic acids is 1. The Balaban J connectivity index is 2.24. The van der Waals surface area contributed by atoms with Gasteiger partial charge in [0.25, 0.3) is 5.91 Å². The molecule has 1 aromatic carbocycles. The summed E-state index contributed by atoms with van der Waals surface area (Å²) >= 11 is 0. The molecule has 1 aliphatic heterocycles. The Hall–Kier alpha value is -2.24. The third-order valence-electron chi connectivity index (χ3n) is 3.46. The third kappa shape index (κ3) is 2.54. The molecule has 20 heavy (non-hydrogen) atoms. The van der Waals surface area contributed by atoms with Crippen LogP contribution in [0.1, 0.15) is 16.8 Å². The molecule has 1 fully saturated rings. The summed E-state index contributed by atoms with van der Waals surface area (Å²) in [6, 6.07) is 5.07. The Morgan fingerprint density at radius 2 is 2.05 bits per heavy atom. The molecule has 108 valence electrons. The summed E-state index contributed by atoms with van der Waals surface area (Å²) in [6.07, 6.45) is 0.480. The summed E-state index contributed by atoms with van der Waals surface area (Å²) in [6.45, 7) is 0.671. The number of para-hydroxylation sites is 1. The lowest BCUT2D eigenvalue weighted by molar-refractivity contribution is -0.141. The van der Waals surface area contributed by atoms with Gasteiger partial charge in [0.2, 0.25) is 0 Å². The van der Waals surface area contributed by atoms with E-state index in [-0.39, 0.29) is 12.5 Å². The average molecular weight is 279 g/mol. The Morgan fingerprint density at radius 3 is 2.60 bits per heavy atom. The first kappa shape index (κ1) is 14.2. The molecule has 2 rings (SSSR count). The van der Waals surface area contributed by atoms with Gasteiger partial charge in [-0.1, -0.05) is 6.07 Å². The number of methoxy groups -OCH3 is 2. The van der Waals surface area contributed by atoms with Crippen LogP contribution in [-0.4, -0.2) is 49.2 Å². The Kier molecular flexibility index (Phi) is 4.12. The molecule has 6 nitrogen and oxygen atoms in total. The van der Waals surface area contributed by atoms with Gasteiger partial charge in [-0.3, -0.25) is 9.59 Å². The number of nitrogens with zero attached hydrogens (tertiary/aromatic N) is 1. The minimum absolute atomic E-state index is 0.231. The molecule has 0 saturated carbocycles. The topological polar surface area (TPSA) is 76.1 Å². The number of likely N-dealkylation sites (tertiary alicyclic amines) is 1. The van der Waals surface area contributed by atoms with E-state index in [1.165, 1.54) is 19.1 Å². The molecule has 0 aromatic heterocycles. The van der Waals surface area contributed by atoms with Crippen LogP contribution >= 0.6 is 0 Å². The van der Waals surface area contributed by atoms with Gasteiger partial charge in [-0.25, -0.2) is 0 Å². The van der Waals surface area contributed by atoms with Crippen molar-refractivity contribution >= 4 is 11.9 Å². The van der Waals surface area contributed by atoms with Crippen LogP contribution in [-0.2, 0) is 4.79 Å². The van der Waals surface area contributed by atoms with E-state index < -0.39 is 11.9 Å². The van der Waals surface area contributed by atoms with Gasteiger partial charge in [-0.15, -0.1) is 0 Å². The van der Waals surface area contributed by atoms with Gasteiger partial charge in [0.1, 0.15) is 0 Å². The Morgan fingerprint density at radius 1 is 1.30 bits per heavy atom. The lowest BCUT2D eigenvalue weighted by Crippen LogP contribution is -2.30. The molecule has 0 spiro atoms. The number of carbonyl (C=O) groups is 2. The molecule has 0 unspecified atom stereocenters. The second-order valence-corrected chi connectivity index (χ2v) is 4.62. The van der Waals surface area contributed by atoms with Gasteiger partial charge in [0.05, 0.1) is 25.7 Å². The summed E-state index contributed by atoms with van der Waals surface area (Å²) in [5.41, 5.74) is 0.387. The van der Waals surface area contributed by atoms with Crippen LogP contribution in [0.15, 0.2) is 18.2 Å². The lowest BCUT2D eigenvalue weighted by atomic mass is 10.1. The second kappa shape index (κ2) is 5.81. The zero-order valence-corrected chi connectivity index (χ0v) is 11.5. The first-order chi connectivity index (χ1) is 9.58. The third-order valence-corrected chi connectivity index (χ3v) is 3.46. The largest absolute Gasteiger partial charge is 0.493 e. The normalized spacial score (nSPS) is 17.9. The van der Waals surface area contributed by atoms with Crippen LogP contribution in [0.3, 0.4) is 0 Å². The minimum atomic E-state index is -0.863. The number of rotatable bonds is 4. The number of aliphatic carboxylic acids is 1. The first-order valence-corrected chi connectivity index (χ1v) is 6.31.